The van der Waals surface area contributed by atoms with E-state index >= 15 is 0 Å². The Kier molecular flexibility index (Phi) is 46.4. The second kappa shape index (κ2) is 49.2. The predicted octanol–water partition coefficient (Wildman–Crippen LogP) is 23.4. The first kappa shape index (κ1) is 66.0. The SMILES string of the molecule is CCCCCCCCCCCCCCCCCCCCCCCCCCC/C=C/C(=Nc1cc(CCCC)cc(CCCC)c1)C(CCCCCCCC)=Nc1cc(CCCC)cc(CCCC)c1.[Ni]. The zero-order chi connectivity index (χ0) is 49.5. The summed E-state index contributed by atoms with van der Waals surface area (Å²) in [5.41, 5.74) is 10.3. The van der Waals surface area contributed by atoms with Crippen LogP contribution in [0.15, 0.2) is 58.5 Å². The van der Waals surface area contributed by atoms with Gasteiger partial charge in [0.05, 0.1) is 22.8 Å². The maximum Gasteiger partial charge on any atom is 0.0848 e. The second-order valence-electron chi connectivity index (χ2n) is 21.7. The zero-order valence-electron chi connectivity index (χ0n) is 47.6. The smallest absolute Gasteiger partial charge is 0.0848 e. The van der Waals surface area contributed by atoms with Gasteiger partial charge in [0.1, 0.15) is 0 Å². The minimum Gasteiger partial charge on any atom is -0.251 e. The molecular weight excluding hydrogens is 891 g/mol. The molecule has 2 nitrogen and oxygen atoms in total. The quantitative estimate of drug-likeness (QED) is 0.0359. The fraction of sp³-hybridized carbons (Fsp3) is 0.761. The van der Waals surface area contributed by atoms with E-state index in [0.717, 1.165) is 55.6 Å². The molecule has 0 bridgehead atoms. The molecule has 0 aliphatic heterocycles. The summed E-state index contributed by atoms with van der Waals surface area (Å²) in [6, 6.07) is 14.5. The van der Waals surface area contributed by atoms with E-state index in [1.807, 2.05) is 0 Å². The largest absolute Gasteiger partial charge is 0.251 e. The van der Waals surface area contributed by atoms with Gasteiger partial charge in [-0.25, -0.2) is 4.99 Å². The monoisotopic (exact) mass is 1010 g/mol. The molecule has 0 spiro atoms. The summed E-state index contributed by atoms with van der Waals surface area (Å²) in [6.45, 7) is 13.9. The molecule has 0 unspecified atom stereocenters. The van der Waals surface area contributed by atoms with Crippen molar-refractivity contribution in [3.05, 3.63) is 70.8 Å². The molecule has 404 valence electrons. The van der Waals surface area contributed by atoms with E-state index < -0.39 is 0 Å². The van der Waals surface area contributed by atoms with Gasteiger partial charge in [-0.15, -0.1) is 0 Å². The van der Waals surface area contributed by atoms with E-state index in [2.05, 4.69) is 90.1 Å². The normalized spacial score (nSPS) is 12.1. The van der Waals surface area contributed by atoms with E-state index in [1.165, 1.54) is 278 Å². The van der Waals surface area contributed by atoms with Gasteiger partial charge in [0.2, 0.25) is 0 Å². The Labute approximate surface area is 448 Å². The van der Waals surface area contributed by atoms with Crippen molar-refractivity contribution in [2.24, 2.45) is 9.98 Å². The van der Waals surface area contributed by atoms with Crippen LogP contribution in [0.2, 0.25) is 0 Å². The molecule has 3 heteroatoms. The number of unbranched alkanes of at least 4 members (excludes halogenated alkanes) is 34. The van der Waals surface area contributed by atoms with Gasteiger partial charge in [-0.3, -0.25) is 4.99 Å². The van der Waals surface area contributed by atoms with Crippen LogP contribution in [-0.2, 0) is 42.2 Å². The van der Waals surface area contributed by atoms with Gasteiger partial charge in [0, 0.05) is 16.5 Å². The molecule has 0 saturated carbocycles. The topological polar surface area (TPSA) is 24.7 Å². The van der Waals surface area contributed by atoms with Crippen LogP contribution >= 0.6 is 0 Å². The number of aryl methyl sites for hydroxylation is 4. The molecule has 2 aromatic rings. The maximum atomic E-state index is 5.62. The van der Waals surface area contributed by atoms with Crippen molar-refractivity contribution in [3.63, 3.8) is 0 Å². The summed E-state index contributed by atoms with van der Waals surface area (Å²) in [5.74, 6) is 0. The van der Waals surface area contributed by atoms with Crippen LogP contribution in [0, 0.1) is 0 Å². The molecule has 0 amide bonds. The Morgan fingerprint density at radius 2 is 0.586 bits per heavy atom. The number of aliphatic imine (C=N–C) groups is 2. The molecule has 0 heterocycles. The Morgan fingerprint density at radius 1 is 0.314 bits per heavy atom. The minimum absolute atomic E-state index is 0. The average Bonchev–Trinajstić information content (AvgIpc) is 3.36. The Hall–Kier alpha value is -1.99. The Balaban J connectivity index is 0.0000245. The summed E-state index contributed by atoms with van der Waals surface area (Å²) in [5, 5.41) is 0. The fourth-order valence-corrected chi connectivity index (χ4v) is 10.1. The van der Waals surface area contributed by atoms with Gasteiger partial charge in [0.15, 0.2) is 0 Å². The Morgan fingerprint density at radius 3 is 0.900 bits per heavy atom. The molecule has 0 atom stereocenters. The van der Waals surface area contributed by atoms with Crippen LogP contribution in [0.3, 0.4) is 0 Å². The average molecular weight is 1010 g/mol. The van der Waals surface area contributed by atoms with Gasteiger partial charge >= 0.3 is 0 Å². The van der Waals surface area contributed by atoms with E-state index in [4.69, 9.17) is 9.98 Å². The first-order chi connectivity index (χ1) is 34.1. The molecule has 0 aliphatic rings. The number of hydrogen-bond donors (Lipinski definition) is 0. The van der Waals surface area contributed by atoms with Gasteiger partial charge < -0.3 is 0 Å². The van der Waals surface area contributed by atoms with Crippen LogP contribution in [0.1, 0.15) is 327 Å². The van der Waals surface area contributed by atoms with E-state index in [1.54, 1.807) is 0 Å². The zero-order valence-corrected chi connectivity index (χ0v) is 48.6. The third kappa shape index (κ3) is 36.9. The third-order valence-corrected chi connectivity index (χ3v) is 14.7. The van der Waals surface area contributed by atoms with Crippen molar-refractivity contribution in [2.45, 2.75) is 330 Å². The first-order valence-electron chi connectivity index (χ1n) is 31.1. The van der Waals surface area contributed by atoms with E-state index in [0.29, 0.717) is 0 Å². The number of rotatable bonds is 49. The number of hydrogen-bond acceptors (Lipinski definition) is 2. The molecule has 2 rings (SSSR count). The van der Waals surface area contributed by atoms with Crippen LogP contribution in [0.25, 0.3) is 0 Å². The van der Waals surface area contributed by atoms with E-state index in [9.17, 15) is 0 Å². The summed E-state index contributed by atoms with van der Waals surface area (Å²) < 4.78 is 0. The van der Waals surface area contributed by atoms with Gasteiger partial charge in [-0.1, -0.05) is 272 Å². The summed E-state index contributed by atoms with van der Waals surface area (Å²) in [7, 11) is 0. The standard InChI is InChI=1S/C67H116N2.Ni/c1-7-13-19-21-23-24-25-26-27-28-29-30-31-32-33-34-35-36-37-38-39-40-41-42-43-45-47-53-67(69-65-58-62(50-17-11-5)55-63(59-65)51-18-12-6)66(52-46-44-22-20-14-8-2)68-64-56-60(48-15-9-3)54-61(57-64)49-16-10-4;/h47,53-59H,7-46,48-52H2,1-6H3;/b53-47+,68-66?,69-67?;. The van der Waals surface area contributed by atoms with Crippen molar-refractivity contribution in [1.29, 1.82) is 0 Å². The van der Waals surface area contributed by atoms with Crippen LogP contribution in [0.4, 0.5) is 11.4 Å². The molecule has 2 aromatic carbocycles. The summed E-state index contributed by atoms with van der Waals surface area (Å²) in [6.07, 6.45) is 64.9. The number of nitrogens with zero attached hydrogens (tertiary/aromatic N) is 2. The predicted molar refractivity (Wildman–Crippen MR) is 314 cm³/mol. The van der Waals surface area contributed by atoms with Gasteiger partial charge in [0.25, 0.3) is 0 Å². The van der Waals surface area contributed by atoms with E-state index in [-0.39, 0.29) is 16.5 Å². The second-order valence-corrected chi connectivity index (χ2v) is 21.7. The number of benzene rings is 2. The molecule has 0 aromatic heterocycles. The first-order valence-corrected chi connectivity index (χ1v) is 31.1. The van der Waals surface area contributed by atoms with Crippen molar-refractivity contribution in [1.82, 2.24) is 0 Å². The fourth-order valence-electron chi connectivity index (χ4n) is 10.1. The van der Waals surface area contributed by atoms with Crippen molar-refractivity contribution < 1.29 is 16.5 Å². The molecular formula is C67H116N2Ni. The molecule has 0 saturated heterocycles. The van der Waals surface area contributed by atoms with Crippen molar-refractivity contribution >= 4 is 22.8 Å². The Bertz CT molecular complexity index is 1500. The molecule has 0 aliphatic carbocycles. The van der Waals surface area contributed by atoms with Crippen LogP contribution in [-0.4, -0.2) is 11.4 Å². The summed E-state index contributed by atoms with van der Waals surface area (Å²) in [4.78, 5) is 11.2. The van der Waals surface area contributed by atoms with Crippen molar-refractivity contribution in [2.75, 3.05) is 0 Å². The molecule has 0 fully saturated rings. The molecule has 0 radical (unpaired) electrons. The van der Waals surface area contributed by atoms with Gasteiger partial charge in [-0.05, 0) is 130 Å². The van der Waals surface area contributed by atoms with Gasteiger partial charge in [-0.2, -0.15) is 0 Å². The van der Waals surface area contributed by atoms with Crippen molar-refractivity contribution in [3.8, 4) is 0 Å². The maximum absolute atomic E-state index is 5.62. The third-order valence-electron chi connectivity index (χ3n) is 14.7. The van der Waals surface area contributed by atoms with Crippen LogP contribution in [0.5, 0.6) is 0 Å². The van der Waals surface area contributed by atoms with Crippen LogP contribution < -0.4 is 0 Å². The number of allylic oxidation sites excluding steroid dienone is 2. The molecule has 70 heavy (non-hydrogen) atoms. The minimum atomic E-state index is 0. The summed E-state index contributed by atoms with van der Waals surface area (Å²) >= 11 is 0. The molecule has 0 N–H and O–H groups in total.